The number of nitrogen functional groups attached to an aromatic ring is 1. The molecule has 1 rings (SSSR count). The van der Waals surface area contributed by atoms with Gasteiger partial charge in [0, 0.05) is 12.7 Å². The molecule has 0 fully saturated rings. The van der Waals surface area contributed by atoms with Crippen LogP contribution in [0.3, 0.4) is 0 Å². The van der Waals surface area contributed by atoms with Crippen molar-refractivity contribution >= 4 is 21.7 Å². The molecular weight excluding hydrogens is 230 g/mol. The Hall–Kier alpha value is -1.76. The molecule has 1 aromatic carbocycles. The van der Waals surface area contributed by atoms with Gasteiger partial charge in [0.15, 0.2) is 0 Å². The predicted octanol–water partition coefficient (Wildman–Crippen LogP) is 0.195. The largest absolute Gasteiger partial charge is 0.399 e. The van der Waals surface area contributed by atoms with Crippen molar-refractivity contribution in [1.29, 1.82) is 0 Å². The molecule has 0 aliphatic rings. The molecule has 1 aromatic rings. The zero-order valence-corrected chi connectivity index (χ0v) is 9.76. The van der Waals surface area contributed by atoms with Crippen LogP contribution in [0.15, 0.2) is 23.1 Å². The van der Waals surface area contributed by atoms with Crippen LogP contribution in [0.4, 0.5) is 10.5 Å². The van der Waals surface area contributed by atoms with E-state index in [1.54, 1.807) is 19.1 Å². The van der Waals surface area contributed by atoms with Crippen LogP contribution in [0.25, 0.3) is 0 Å². The second kappa shape index (κ2) is 4.40. The molecule has 88 valence electrons. The smallest absolute Gasteiger partial charge is 0.328 e. The third-order valence-corrected chi connectivity index (χ3v) is 3.43. The maximum Gasteiger partial charge on any atom is 0.328 e. The molecule has 0 saturated heterocycles. The zero-order valence-electron chi connectivity index (χ0n) is 8.94. The van der Waals surface area contributed by atoms with Gasteiger partial charge in [-0.1, -0.05) is 6.07 Å². The average molecular weight is 243 g/mol. The number of urea groups is 1. The minimum atomic E-state index is -3.87. The number of carbonyl (C=O) groups excluding carboxylic acids is 1. The van der Waals surface area contributed by atoms with E-state index in [0.29, 0.717) is 11.3 Å². The Morgan fingerprint density at radius 2 is 2.00 bits per heavy atom. The first kappa shape index (κ1) is 12.3. The number of nitrogens with two attached hydrogens (primary N) is 1. The summed E-state index contributed by atoms with van der Waals surface area (Å²) in [4.78, 5) is 11.0. The second-order valence-corrected chi connectivity index (χ2v) is 4.86. The van der Waals surface area contributed by atoms with Crippen LogP contribution in [-0.4, -0.2) is 21.5 Å². The molecule has 0 aliphatic heterocycles. The first-order valence-electron chi connectivity index (χ1n) is 4.47. The van der Waals surface area contributed by atoms with Crippen molar-refractivity contribution in [3.8, 4) is 0 Å². The van der Waals surface area contributed by atoms with E-state index in [1.165, 1.54) is 13.1 Å². The highest BCUT2D eigenvalue weighted by atomic mass is 32.2. The summed E-state index contributed by atoms with van der Waals surface area (Å²) in [6.07, 6.45) is 0. The molecule has 6 nitrogen and oxygen atoms in total. The summed E-state index contributed by atoms with van der Waals surface area (Å²) in [7, 11) is -2.54. The number of carbonyl (C=O) groups is 1. The normalized spacial score (nSPS) is 10.9. The van der Waals surface area contributed by atoms with E-state index in [2.05, 4.69) is 5.32 Å². The first-order chi connectivity index (χ1) is 7.36. The number of hydrogen-bond acceptors (Lipinski definition) is 4. The van der Waals surface area contributed by atoms with Gasteiger partial charge in [-0.15, -0.1) is 0 Å². The third kappa shape index (κ3) is 2.63. The van der Waals surface area contributed by atoms with Gasteiger partial charge in [-0.25, -0.2) is 17.9 Å². The molecule has 0 radical (unpaired) electrons. The monoisotopic (exact) mass is 243 g/mol. The molecular formula is C9H13N3O3S. The van der Waals surface area contributed by atoms with Crippen LogP contribution in [0.2, 0.25) is 0 Å². The number of benzene rings is 1. The highest BCUT2D eigenvalue weighted by Gasteiger charge is 2.19. The van der Waals surface area contributed by atoms with E-state index < -0.39 is 16.1 Å². The van der Waals surface area contributed by atoms with Crippen LogP contribution in [0.1, 0.15) is 5.56 Å². The lowest BCUT2D eigenvalue weighted by Crippen LogP contribution is -2.37. The van der Waals surface area contributed by atoms with Crippen LogP contribution in [-0.2, 0) is 10.0 Å². The highest BCUT2D eigenvalue weighted by Crippen LogP contribution is 2.17. The standard InChI is InChI=1S/C9H13N3O3S/c1-6-3-4-7(10)5-8(6)16(14,15)12-9(13)11-2/h3-5H,10H2,1-2H3,(H2,11,12,13). The van der Waals surface area contributed by atoms with Gasteiger partial charge in [0.2, 0.25) is 0 Å². The van der Waals surface area contributed by atoms with Gasteiger partial charge in [-0.3, -0.25) is 0 Å². The molecule has 0 aromatic heterocycles. The van der Waals surface area contributed by atoms with Crippen LogP contribution >= 0.6 is 0 Å². The van der Waals surface area contributed by atoms with Gasteiger partial charge in [0.05, 0.1) is 4.90 Å². The Kier molecular flexibility index (Phi) is 3.38. The molecule has 0 atom stereocenters. The third-order valence-electron chi connectivity index (χ3n) is 1.96. The summed E-state index contributed by atoms with van der Waals surface area (Å²) in [5.41, 5.74) is 6.34. The molecule has 0 spiro atoms. The van der Waals surface area contributed by atoms with Gasteiger partial charge in [0.1, 0.15) is 0 Å². The molecule has 0 bridgehead atoms. The predicted molar refractivity (Wildman–Crippen MR) is 60.4 cm³/mol. The fraction of sp³-hybridized carbons (Fsp3) is 0.222. The lowest BCUT2D eigenvalue weighted by atomic mass is 10.2. The van der Waals surface area contributed by atoms with Gasteiger partial charge >= 0.3 is 6.03 Å². The number of nitrogens with one attached hydrogen (secondary N) is 2. The molecule has 7 heteroatoms. The van der Waals surface area contributed by atoms with Crippen molar-refractivity contribution in [3.63, 3.8) is 0 Å². The van der Waals surface area contributed by atoms with Gasteiger partial charge in [-0.05, 0) is 24.6 Å². The van der Waals surface area contributed by atoms with Crippen LogP contribution in [0.5, 0.6) is 0 Å². The lowest BCUT2D eigenvalue weighted by molar-refractivity contribution is 0.248. The molecule has 0 saturated carbocycles. The Balaban J connectivity index is 3.17. The Labute approximate surface area is 93.9 Å². The van der Waals surface area contributed by atoms with Crippen molar-refractivity contribution in [1.82, 2.24) is 10.0 Å². The molecule has 16 heavy (non-hydrogen) atoms. The van der Waals surface area contributed by atoms with E-state index in [0.717, 1.165) is 0 Å². The Bertz CT molecular complexity index is 511. The Morgan fingerprint density at radius 3 is 2.56 bits per heavy atom. The Morgan fingerprint density at radius 1 is 1.38 bits per heavy atom. The SMILES string of the molecule is CNC(=O)NS(=O)(=O)c1cc(N)ccc1C. The van der Waals surface area contributed by atoms with Crippen LogP contribution in [0, 0.1) is 6.92 Å². The molecule has 2 amide bonds. The summed E-state index contributed by atoms with van der Waals surface area (Å²) in [5, 5.41) is 2.16. The highest BCUT2D eigenvalue weighted by molar-refractivity contribution is 7.90. The first-order valence-corrected chi connectivity index (χ1v) is 5.96. The summed E-state index contributed by atoms with van der Waals surface area (Å²) in [5.74, 6) is 0. The maximum absolute atomic E-state index is 11.7. The van der Waals surface area contributed by atoms with E-state index in [9.17, 15) is 13.2 Å². The van der Waals surface area contributed by atoms with E-state index in [-0.39, 0.29) is 4.90 Å². The zero-order chi connectivity index (χ0) is 12.3. The van der Waals surface area contributed by atoms with Gasteiger partial charge in [0.25, 0.3) is 10.0 Å². The van der Waals surface area contributed by atoms with Crippen molar-refractivity contribution in [3.05, 3.63) is 23.8 Å². The number of sulfonamides is 1. The number of amides is 2. The summed E-state index contributed by atoms with van der Waals surface area (Å²) in [6.45, 7) is 1.62. The molecule has 0 aliphatic carbocycles. The van der Waals surface area contributed by atoms with E-state index in [4.69, 9.17) is 5.73 Å². The number of rotatable bonds is 2. The minimum Gasteiger partial charge on any atom is -0.399 e. The van der Waals surface area contributed by atoms with Gasteiger partial charge in [-0.2, -0.15) is 0 Å². The van der Waals surface area contributed by atoms with Crippen molar-refractivity contribution in [2.45, 2.75) is 11.8 Å². The molecule has 0 unspecified atom stereocenters. The average Bonchev–Trinajstić information content (AvgIpc) is 2.20. The lowest BCUT2D eigenvalue weighted by Gasteiger charge is -2.09. The summed E-state index contributed by atoms with van der Waals surface area (Å²) in [6, 6.07) is 3.68. The van der Waals surface area contributed by atoms with Gasteiger partial charge < -0.3 is 11.1 Å². The summed E-state index contributed by atoms with van der Waals surface area (Å²) < 4.78 is 25.4. The number of hydrogen-bond donors (Lipinski definition) is 3. The fourth-order valence-electron chi connectivity index (χ4n) is 1.13. The molecule has 0 heterocycles. The minimum absolute atomic E-state index is 0.00361. The maximum atomic E-state index is 11.7. The second-order valence-electron chi connectivity index (χ2n) is 3.21. The fourth-order valence-corrected chi connectivity index (χ4v) is 2.37. The summed E-state index contributed by atoms with van der Waals surface area (Å²) >= 11 is 0. The van der Waals surface area contributed by atoms with E-state index in [1.807, 2.05) is 4.72 Å². The number of anilines is 1. The topological polar surface area (TPSA) is 101 Å². The van der Waals surface area contributed by atoms with Crippen molar-refractivity contribution in [2.75, 3.05) is 12.8 Å². The van der Waals surface area contributed by atoms with E-state index >= 15 is 0 Å². The molecule has 4 N–H and O–H groups in total. The van der Waals surface area contributed by atoms with Crippen molar-refractivity contribution in [2.24, 2.45) is 0 Å². The van der Waals surface area contributed by atoms with Crippen LogP contribution < -0.4 is 15.8 Å². The quantitative estimate of drug-likeness (QED) is 0.645. The van der Waals surface area contributed by atoms with Crippen molar-refractivity contribution < 1.29 is 13.2 Å². The number of aryl methyl sites for hydroxylation is 1.